The summed E-state index contributed by atoms with van der Waals surface area (Å²) in [6.07, 6.45) is 4.37. The van der Waals surface area contributed by atoms with Gasteiger partial charge in [-0.1, -0.05) is 0 Å². The minimum atomic E-state index is -0.364. The molecule has 0 aliphatic heterocycles. The maximum Gasteiger partial charge on any atom is 0.264 e. The second-order valence-corrected chi connectivity index (χ2v) is 6.95. The Labute approximate surface area is 139 Å². The summed E-state index contributed by atoms with van der Waals surface area (Å²) in [7, 11) is 0. The summed E-state index contributed by atoms with van der Waals surface area (Å²) in [5.74, 6) is -0.214. The van der Waals surface area contributed by atoms with E-state index in [1.165, 1.54) is 40.8 Å². The number of anilines is 1. The average molecular weight is 385 g/mol. The topological polar surface area (TPSA) is 51.2 Å². The lowest BCUT2D eigenvalue weighted by molar-refractivity contribution is -0.118. The lowest BCUT2D eigenvalue weighted by Gasteiger charge is -2.07. The number of halogens is 2. The highest BCUT2D eigenvalue weighted by atomic mass is 79.9. The molecule has 1 aliphatic rings. The van der Waals surface area contributed by atoms with Gasteiger partial charge in [0, 0.05) is 4.88 Å². The van der Waals surface area contributed by atoms with Crippen LogP contribution in [-0.2, 0) is 17.6 Å². The Morgan fingerprint density at radius 1 is 1.41 bits per heavy atom. The summed E-state index contributed by atoms with van der Waals surface area (Å²) in [6.45, 7) is -0.144. The second kappa shape index (κ2) is 6.75. The number of aryl methyl sites for hydroxylation is 2. The first-order valence-electron chi connectivity index (χ1n) is 6.98. The number of amides is 1. The summed E-state index contributed by atoms with van der Waals surface area (Å²) >= 11 is 4.73. The SMILES string of the molecule is O=C(COc1ccc(F)cc1Br)Nc1nc2c(s1)CCCC2. The van der Waals surface area contributed by atoms with E-state index in [1.807, 2.05) is 0 Å². The summed E-state index contributed by atoms with van der Waals surface area (Å²) in [4.78, 5) is 17.6. The molecule has 0 saturated heterocycles. The zero-order valence-electron chi connectivity index (χ0n) is 11.7. The van der Waals surface area contributed by atoms with Crippen molar-refractivity contribution in [1.82, 2.24) is 4.98 Å². The number of thiazole rings is 1. The maximum absolute atomic E-state index is 13.0. The van der Waals surface area contributed by atoms with Crippen LogP contribution in [0.5, 0.6) is 5.75 Å². The molecule has 1 N–H and O–H groups in total. The van der Waals surface area contributed by atoms with E-state index in [2.05, 4.69) is 26.2 Å². The van der Waals surface area contributed by atoms with Crippen molar-refractivity contribution < 1.29 is 13.9 Å². The van der Waals surface area contributed by atoms with Crippen LogP contribution in [0.2, 0.25) is 0 Å². The molecule has 0 radical (unpaired) electrons. The van der Waals surface area contributed by atoms with Crippen molar-refractivity contribution in [3.05, 3.63) is 39.1 Å². The maximum atomic E-state index is 13.0. The van der Waals surface area contributed by atoms with Crippen molar-refractivity contribution >= 4 is 38.3 Å². The average Bonchev–Trinajstić information content (AvgIpc) is 2.88. The minimum absolute atomic E-state index is 0.144. The van der Waals surface area contributed by atoms with Crippen LogP contribution in [0, 0.1) is 5.82 Å². The van der Waals surface area contributed by atoms with Crippen LogP contribution in [-0.4, -0.2) is 17.5 Å². The number of nitrogens with zero attached hydrogens (tertiary/aromatic N) is 1. The highest BCUT2D eigenvalue weighted by molar-refractivity contribution is 9.10. The molecule has 0 atom stereocenters. The third-order valence-corrected chi connectivity index (χ3v) is 5.04. The summed E-state index contributed by atoms with van der Waals surface area (Å²) in [6, 6.07) is 4.06. The molecule has 0 unspecified atom stereocenters. The first kappa shape index (κ1) is 15.4. The van der Waals surface area contributed by atoms with Gasteiger partial charge in [-0.25, -0.2) is 9.37 Å². The van der Waals surface area contributed by atoms with Crippen molar-refractivity contribution in [2.75, 3.05) is 11.9 Å². The van der Waals surface area contributed by atoms with Crippen molar-refractivity contribution in [1.29, 1.82) is 0 Å². The van der Waals surface area contributed by atoms with Gasteiger partial charge in [-0.05, 0) is 59.8 Å². The Morgan fingerprint density at radius 3 is 3.00 bits per heavy atom. The van der Waals surface area contributed by atoms with Gasteiger partial charge in [0.25, 0.3) is 5.91 Å². The molecule has 116 valence electrons. The molecule has 7 heteroatoms. The molecular formula is C15H14BrFN2O2S. The molecular weight excluding hydrogens is 371 g/mol. The predicted octanol–water partition coefficient (Wildman–Crippen LogP) is 3.94. The summed E-state index contributed by atoms with van der Waals surface area (Å²) < 4.78 is 18.8. The Bertz CT molecular complexity index is 681. The number of rotatable bonds is 4. The van der Waals surface area contributed by atoms with E-state index in [0.29, 0.717) is 15.4 Å². The molecule has 0 fully saturated rings. The van der Waals surface area contributed by atoms with Gasteiger partial charge in [0.05, 0.1) is 10.2 Å². The molecule has 3 rings (SSSR count). The number of hydrogen-bond donors (Lipinski definition) is 1. The highest BCUT2D eigenvalue weighted by Gasteiger charge is 2.16. The Kier molecular flexibility index (Phi) is 4.73. The van der Waals surface area contributed by atoms with Gasteiger partial charge in [-0.2, -0.15) is 0 Å². The predicted molar refractivity (Wildman–Crippen MR) is 87.0 cm³/mol. The molecule has 22 heavy (non-hydrogen) atoms. The fourth-order valence-electron chi connectivity index (χ4n) is 2.30. The normalized spacial score (nSPS) is 13.5. The van der Waals surface area contributed by atoms with E-state index in [9.17, 15) is 9.18 Å². The largest absolute Gasteiger partial charge is 0.483 e. The van der Waals surface area contributed by atoms with Gasteiger partial charge in [0.15, 0.2) is 11.7 Å². The van der Waals surface area contributed by atoms with Gasteiger partial charge >= 0.3 is 0 Å². The van der Waals surface area contributed by atoms with E-state index < -0.39 is 0 Å². The lowest BCUT2D eigenvalue weighted by Crippen LogP contribution is -2.20. The molecule has 1 aliphatic carbocycles. The van der Waals surface area contributed by atoms with Crippen molar-refractivity contribution in [3.63, 3.8) is 0 Å². The number of hydrogen-bond acceptors (Lipinski definition) is 4. The molecule has 4 nitrogen and oxygen atoms in total. The fourth-order valence-corrected chi connectivity index (χ4v) is 3.83. The van der Waals surface area contributed by atoms with Gasteiger partial charge < -0.3 is 4.74 Å². The van der Waals surface area contributed by atoms with Crippen LogP contribution in [0.1, 0.15) is 23.4 Å². The number of benzene rings is 1. The van der Waals surface area contributed by atoms with Crippen molar-refractivity contribution in [3.8, 4) is 5.75 Å². The summed E-state index contributed by atoms with van der Waals surface area (Å²) in [5, 5.41) is 3.38. The van der Waals surface area contributed by atoms with Crippen LogP contribution in [0.25, 0.3) is 0 Å². The molecule has 0 bridgehead atoms. The number of fused-ring (bicyclic) bond motifs is 1. The van der Waals surface area contributed by atoms with E-state index in [-0.39, 0.29) is 18.3 Å². The van der Waals surface area contributed by atoms with E-state index in [1.54, 1.807) is 0 Å². The Hall–Kier alpha value is -1.47. The first-order chi connectivity index (χ1) is 10.6. The molecule has 1 amide bonds. The van der Waals surface area contributed by atoms with E-state index in [0.717, 1.165) is 25.0 Å². The van der Waals surface area contributed by atoms with Crippen molar-refractivity contribution in [2.45, 2.75) is 25.7 Å². The molecule has 1 heterocycles. The molecule has 1 aromatic carbocycles. The van der Waals surface area contributed by atoms with Crippen LogP contribution in [0.3, 0.4) is 0 Å². The number of carbonyl (C=O) groups is 1. The number of nitrogens with one attached hydrogen (secondary N) is 1. The Balaban J connectivity index is 1.57. The number of carbonyl (C=O) groups excluding carboxylic acids is 1. The highest BCUT2D eigenvalue weighted by Crippen LogP contribution is 2.29. The standard InChI is InChI=1S/C15H14BrFN2O2S/c16-10-7-9(17)5-6-12(10)21-8-14(20)19-15-18-11-3-1-2-4-13(11)22-15/h5-7H,1-4,8H2,(H,18,19,20). The summed E-state index contributed by atoms with van der Waals surface area (Å²) in [5.41, 5.74) is 1.11. The van der Waals surface area contributed by atoms with Crippen LogP contribution in [0.15, 0.2) is 22.7 Å². The lowest BCUT2D eigenvalue weighted by atomic mass is 10.0. The number of ether oxygens (including phenoxy) is 1. The Morgan fingerprint density at radius 2 is 2.23 bits per heavy atom. The van der Waals surface area contributed by atoms with Crippen LogP contribution < -0.4 is 10.1 Å². The van der Waals surface area contributed by atoms with E-state index >= 15 is 0 Å². The van der Waals surface area contributed by atoms with E-state index in [4.69, 9.17) is 4.74 Å². The number of aromatic nitrogens is 1. The second-order valence-electron chi connectivity index (χ2n) is 5.01. The fraction of sp³-hybridized carbons (Fsp3) is 0.333. The molecule has 0 spiro atoms. The quantitative estimate of drug-likeness (QED) is 0.868. The van der Waals surface area contributed by atoms with Crippen LogP contribution >= 0.6 is 27.3 Å². The van der Waals surface area contributed by atoms with Gasteiger partial charge in [0.1, 0.15) is 11.6 Å². The first-order valence-corrected chi connectivity index (χ1v) is 8.59. The third-order valence-electron chi connectivity index (χ3n) is 3.34. The molecule has 0 saturated carbocycles. The van der Waals surface area contributed by atoms with Crippen LogP contribution in [0.4, 0.5) is 9.52 Å². The third kappa shape index (κ3) is 3.64. The smallest absolute Gasteiger partial charge is 0.264 e. The van der Waals surface area contributed by atoms with Gasteiger partial charge in [-0.3, -0.25) is 10.1 Å². The van der Waals surface area contributed by atoms with Crippen molar-refractivity contribution in [2.24, 2.45) is 0 Å². The molecule has 1 aromatic heterocycles. The minimum Gasteiger partial charge on any atom is -0.483 e. The van der Waals surface area contributed by atoms with Gasteiger partial charge in [-0.15, -0.1) is 11.3 Å². The van der Waals surface area contributed by atoms with Gasteiger partial charge in [0.2, 0.25) is 0 Å². The molecule has 2 aromatic rings. The zero-order valence-corrected chi connectivity index (χ0v) is 14.1. The monoisotopic (exact) mass is 384 g/mol. The zero-order chi connectivity index (χ0) is 15.5.